The van der Waals surface area contributed by atoms with Gasteiger partial charge in [0, 0.05) is 19.0 Å². The maximum absolute atomic E-state index is 13.3. The van der Waals surface area contributed by atoms with Gasteiger partial charge < -0.3 is 14.4 Å². The van der Waals surface area contributed by atoms with Crippen LogP contribution in [0.4, 0.5) is 0 Å². The lowest BCUT2D eigenvalue weighted by Gasteiger charge is -2.27. The van der Waals surface area contributed by atoms with E-state index in [0.29, 0.717) is 41.6 Å². The fourth-order valence-corrected chi connectivity index (χ4v) is 3.26. The van der Waals surface area contributed by atoms with Crippen molar-refractivity contribution in [2.24, 2.45) is 0 Å². The van der Waals surface area contributed by atoms with Crippen LogP contribution in [0.25, 0.3) is 5.69 Å². The number of hydrogen-bond donors (Lipinski definition) is 1. The second-order valence-electron chi connectivity index (χ2n) is 7.75. The third kappa shape index (κ3) is 5.79. The van der Waals surface area contributed by atoms with E-state index in [-0.39, 0.29) is 11.9 Å². The van der Waals surface area contributed by atoms with Gasteiger partial charge in [-0.25, -0.2) is 4.98 Å². The summed E-state index contributed by atoms with van der Waals surface area (Å²) in [5.74, 6) is 0.976. The van der Waals surface area contributed by atoms with E-state index in [1.165, 1.54) is 4.80 Å². The van der Waals surface area contributed by atoms with Crippen LogP contribution in [0.5, 0.6) is 0 Å². The molecule has 0 aliphatic carbocycles. The third-order valence-electron chi connectivity index (χ3n) is 4.64. The van der Waals surface area contributed by atoms with E-state index in [2.05, 4.69) is 15.2 Å². The number of amides is 1. The van der Waals surface area contributed by atoms with Crippen LogP contribution in [-0.4, -0.2) is 48.5 Å². The number of carbonyl (C=O) groups is 1. The molecule has 168 valence electrons. The molecule has 2 heterocycles. The Hall–Kier alpha value is -3.00. The molecule has 1 aromatic carbocycles. The van der Waals surface area contributed by atoms with Gasteiger partial charge in [-0.05, 0) is 46.8 Å². The molecule has 0 saturated heterocycles. The van der Waals surface area contributed by atoms with Crippen molar-refractivity contribution in [2.45, 2.75) is 66.5 Å². The summed E-state index contributed by atoms with van der Waals surface area (Å²) < 4.78 is 5.71. The highest BCUT2D eigenvalue weighted by Gasteiger charge is 2.26. The first kappa shape index (κ1) is 24.3. The molecule has 2 aromatic heterocycles. The number of carbonyl (C=O) groups excluding carboxylic acids is 1. The minimum absolute atomic E-state index is 0.0223. The molecular formula is C23H33N5O3. The Morgan fingerprint density at radius 1 is 1.19 bits per heavy atom. The first-order chi connectivity index (χ1) is 14.7. The molecule has 31 heavy (non-hydrogen) atoms. The number of aromatic nitrogens is 4. The van der Waals surface area contributed by atoms with Crippen LogP contribution in [-0.2, 0) is 12.0 Å². The minimum Gasteiger partial charge on any atom is -0.446 e. The minimum atomic E-state index is -1.07. The molecule has 3 rings (SSSR count). The molecule has 3 aromatic rings. The van der Waals surface area contributed by atoms with Gasteiger partial charge in [-0.15, -0.1) is 0 Å². The zero-order valence-corrected chi connectivity index (χ0v) is 19.5. The standard InChI is InChI=1S/C21H27N5O3.C2H6/c1-14(2)25(13-10-18-24-19(15(3)29-18)21(4,5)28)20(27)16-8-6-7-9-17(16)26-22-11-12-23-26;1-2/h6-9,11-12,14,28H,10,13H2,1-5H3;1-2H3. The fraction of sp³-hybridized carbons (Fsp3) is 0.478. The monoisotopic (exact) mass is 427 g/mol. The second kappa shape index (κ2) is 10.3. The second-order valence-corrected chi connectivity index (χ2v) is 7.75. The molecule has 8 nitrogen and oxygen atoms in total. The summed E-state index contributed by atoms with van der Waals surface area (Å²) in [4.78, 5) is 21.0. The Labute approximate surface area is 183 Å². The van der Waals surface area contributed by atoms with Crippen LogP contribution >= 0.6 is 0 Å². The maximum atomic E-state index is 13.3. The van der Waals surface area contributed by atoms with Gasteiger partial charge in [0.1, 0.15) is 17.1 Å². The number of aryl methyl sites for hydroxylation is 1. The molecule has 0 bridgehead atoms. The Bertz CT molecular complexity index is 972. The first-order valence-electron chi connectivity index (χ1n) is 10.6. The number of rotatable bonds is 7. The molecule has 1 amide bonds. The zero-order chi connectivity index (χ0) is 23.2. The Balaban J connectivity index is 0.00000166. The van der Waals surface area contributed by atoms with Crippen molar-refractivity contribution in [2.75, 3.05) is 6.54 Å². The number of nitrogens with zero attached hydrogens (tertiary/aromatic N) is 5. The van der Waals surface area contributed by atoms with Crippen LogP contribution in [0.15, 0.2) is 41.1 Å². The molecule has 0 fully saturated rings. The van der Waals surface area contributed by atoms with E-state index in [0.717, 1.165) is 0 Å². The van der Waals surface area contributed by atoms with Crippen LogP contribution in [0.1, 0.15) is 69.2 Å². The predicted octanol–water partition coefficient (Wildman–Crippen LogP) is 3.91. The van der Waals surface area contributed by atoms with Crippen LogP contribution in [0.2, 0.25) is 0 Å². The van der Waals surface area contributed by atoms with Crippen molar-refractivity contribution >= 4 is 5.91 Å². The van der Waals surface area contributed by atoms with Crippen LogP contribution in [0, 0.1) is 6.92 Å². The molecule has 1 N–H and O–H groups in total. The van der Waals surface area contributed by atoms with E-state index < -0.39 is 5.60 Å². The van der Waals surface area contributed by atoms with Crippen molar-refractivity contribution in [3.05, 3.63) is 59.6 Å². The summed E-state index contributed by atoms with van der Waals surface area (Å²) in [7, 11) is 0. The lowest BCUT2D eigenvalue weighted by molar-refractivity contribution is 0.0700. The van der Waals surface area contributed by atoms with E-state index in [9.17, 15) is 9.90 Å². The average Bonchev–Trinajstić information content (AvgIpc) is 3.39. The molecule has 0 unspecified atom stereocenters. The van der Waals surface area contributed by atoms with E-state index in [4.69, 9.17) is 4.42 Å². The summed E-state index contributed by atoms with van der Waals surface area (Å²) in [6, 6.07) is 7.25. The molecule has 0 atom stereocenters. The predicted molar refractivity (Wildman–Crippen MR) is 119 cm³/mol. The lowest BCUT2D eigenvalue weighted by Crippen LogP contribution is -2.39. The average molecular weight is 428 g/mol. The van der Waals surface area contributed by atoms with Crippen LogP contribution in [0.3, 0.4) is 0 Å². The van der Waals surface area contributed by atoms with Gasteiger partial charge >= 0.3 is 0 Å². The highest BCUT2D eigenvalue weighted by molar-refractivity contribution is 5.97. The summed E-state index contributed by atoms with van der Waals surface area (Å²) >= 11 is 0. The van der Waals surface area contributed by atoms with Gasteiger partial charge in [0.25, 0.3) is 5.91 Å². The van der Waals surface area contributed by atoms with Crippen molar-refractivity contribution in [3.8, 4) is 5.69 Å². The quantitative estimate of drug-likeness (QED) is 0.614. The topological polar surface area (TPSA) is 97.3 Å². The highest BCUT2D eigenvalue weighted by Crippen LogP contribution is 2.24. The Kier molecular flexibility index (Phi) is 8.10. The summed E-state index contributed by atoms with van der Waals surface area (Å²) in [5, 5.41) is 18.5. The number of para-hydroxylation sites is 1. The lowest BCUT2D eigenvalue weighted by atomic mass is 10.0. The van der Waals surface area contributed by atoms with Crippen molar-refractivity contribution in [1.29, 1.82) is 0 Å². The molecule has 0 radical (unpaired) electrons. The summed E-state index contributed by atoms with van der Waals surface area (Å²) in [5.41, 5.74) is 0.599. The zero-order valence-electron chi connectivity index (χ0n) is 19.5. The smallest absolute Gasteiger partial charge is 0.256 e. The highest BCUT2D eigenvalue weighted by atomic mass is 16.4. The molecule has 8 heteroatoms. The van der Waals surface area contributed by atoms with Gasteiger partial charge in [-0.1, -0.05) is 26.0 Å². The maximum Gasteiger partial charge on any atom is 0.256 e. The van der Waals surface area contributed by atoms with Gasteiger partial charge in [-0.3, -0.25) is 4.79 Å². The third-order valence-corrected chi connectivity index (χ3v) is 4.64. The van der Waals surface area contributed by atoms with Crippen molar-refractivity contribution < 1.29 is 14.3 Å². The largest absolute Gasteiger partial charge is 0.446 e. The van der Waals surface area contributed by atoms with Crippen molar-refractivity contribution in [1.82, 2.24) is 24.9 Å². The van der Waals surface area contributed by atoms with E-state index in [1.54, 1.807) is 44.1 Å². The van der Waals surface area contributed by atoms with Gasteiger partial charge in [-0.2, -0.15) is 15.0 Å². The van der Waals surface area contributed by atoms with E-state index >= 15 is 0 Å². The first-order valence-corrected chi connectivity index (χ1v) is 10.6. The van der Waals surface area contributed by atoms with E-state index in [1.807, 2.05) is 45.9 Å². The fourth-order valence-electron chi connectivity index (χ4n) is 3.26. The number of oxazole rings is 1. The molecular weight excluding hydrogens is 394 g/mol. The summed E-state index contributed by atoms with van der Waals surface area (Å²) in [6.45, 7) is 13.5. The van der Waals surface area contributed by atoms with Gasteiger partial charge in [0.15, 0.2) is 5.89 Å². The normalized spacial score (nSPS) is 11.3. The number of hydrogen-bond acceptors (Lipinski definition) is 6. The van der Waals surface area contributed by atoms with Crippen LogP contribution < -0.4 is 0 Å². The molecule has 0 aliphatic rings. The SMILES string of the molecule is CC.Cc1oc(CCN(C(=O)c2ccccc2-n2nccn2)C(C)C)nc1C(C)(C)O. The summed E-state index contributed by atoms with van der Waals surface area (Å²) in [6.07, 6.45) is 3.60. The number of aliphatic hydroxyl groups is 1. The Morgan fingerprint density at radius 2 is 1.81 bits per heavy atom. The van der Waals surface area contributed by atoms with Crippen molar-refractivity contribution in [3.63, 3.8) is 0 Å². The molecule has 0 saturated carbocycles. The molecule has 0 aliphatic heterocycles. The number of benzene rings is 1. The molecule has 0 spiro atoms. The Morgan fingerprint density at radius 3 is 2.35 bits per heavy atom. The van der Waals surface area contributed by atoms with Gasteiger partial charge in [0.05, 0.1) is 23.6 Å². The van der Waals surface area contributed by atoms with Gasteiger partial charge in [0.2, 0.25) is 0 Å².